The lowest BCUT2D eigenvalue weighted by Crippen LogP contribution is -2.51. The number of nitrogens with one attached hydrogen (secondary N) is 1. The second kappa shape index (κ2) is 5.63. The number of alkyl halides is 2. The van der Waals surface area contributed by atoms with E-state index in [9.17, 15) is 0 Å². The molecule has 0 saturated carbocycles. The fourth-order valence-corrected chi connectivity index (χ4v) is 3.84. The Labute approximate surface area is 114 Å². The maximum atomic E-state index is 3.54. The van der Waals surface area contributed by atoms with E-state index >= 15 is 0 Å². The lowest BCUT2D eigenvalue weighted by molar-refractivity contribution is 0.147. The van der Waals surface area contributed by atoms with E-state index in [-0.39, 0.29) is 0 Å². The van der Waals surface area contributed by atoms with E-state index in [0.29, 0.717) is 0 Å². The van der Waals surface area contributed by atoms with Crippen LogP contribution >= 0.6 is 45.2 Å². The number of hydrogen-bond acceptors (Lipinski definition) is 2. The lowest BCUT2D eigenvalue weighted by Gasteiger charge is -2.39. The monoisotopic (exact) mass is 420 g/mol. The largest absolute Gasteiger partial charge is 0.314 e. The van der Waals surface area contributed by atoms with E-state index < -0.39 is 0 Å². The maximum absolute atomic E-state index is 3.54. The summed E-state index contributed by atoms with van der Waals surface area (Å²) in [6, 6.07) is 0.814. The fourth-order valence-electron chi connectivity index (χ4n) is 2.38. The minimum atomic E-state index is 0.814. The van der Waals surface area contributed by atoms with Crippen molar-refractivity contribution in [1.82, 2.24) is 10.2 Å². The zero-order valence-corrected chi connectivity index (χ0v) is 12.7. The molecule has 0 radical (unpaired) electrons. The summed E-state index contributed by atoms with van der Waals surface area (Å²) in [7, 11) is 0. The third-order valence-corrected chi connectivity index (χ3v) is 5.44. The van der Waals surface area contributed by atoms with Gasteiger partial charge in [0.05, 0.1) is 0 Å². The van der Waals surface area contributed by atoms with Gasteiger partial charge >= 0.3 is 0 Å². The highest BCUT2D eigenvalue weighted by Crippen LogP contribution is 2.23. The van der Waals surface area contributed by atoms with Gasteiger partial charge in [0.15, 0.2) is 0 Å². The first kappa shape index (κ1) is 11.9. The number of hydrogen-bond donors (Lipinski definition) is 1. The average molecular weight is 420 g/mol. The molecule has 0 aromatic rings. The summed E-state index contributed by atoms with van der Waals surface area (Å²) >= 11 is 5.18. The van der Waals surface area contributed by atoms with Gasteiger partial charge in [-0.05, 0) is 32.4 Å². The normalized spacial score (nSPS) is 37.3. The summed E-state index contributed by atoms with van der Waals surface area (Å²) in [5.74, 6) is 0. The molecule has 2 atom stereocenters. The molecule has 2 aliphatic rings. The van der Waals surface area contributed by atoms with Gasteiger partial charge in [-0.25, -0.2) is 0 Å². The van der Waals surface area contributed by atoms with E-state index in [2.05, 4.69) is 55.4 Å². The van der Waals surface area contributed by atoms with Crippen LogP contribution in [0.15, 0.2) is 0 Å². The van der Waals surface area contributed by atoms with Gasteiger partial charge in [-0.2, -0.15) is 0 Å². The molecule has 82 valence electrons. The Kier molecular flexibility index (Phi) is 4.77. The number of piperidine rings is 2. The lowest BCUT2D eigenvalue weighted by atomic mass is 10.0. The van der Waals surface area contributed by atoms with Gasteiger partial charge < -0.3 is 5.32 Å². The molecular weight excluding hydrogens is 402 g/mol. The molecule has 1 N–H and O–H groups in total. The molecule has 0 bridgehead atoms. The molecule has 2 heterocycles. The van der Waals surface area contributed by atoms with Crippen LogP contribution in [0.2, 0.25) is 0 Å². The first-order chi connectivity index (χ1) is 6.75. The summed E-state index contributed by atoms with van der Waals surface area (Å²) in [5, 5.41) is 3.54. The van der Waals surface area contributed by atoms with Gasteiger partial charge in [-0.15, -0.1) is 0 Å². The van der Waals surface area contributed by atoms with Gasteiger partial charge in [-0.3, -0.25) is 4.90 Å². The van der Waals surface area contributed by atoms with Crippen molar-refractivity contribution < 1.29 is 0 Å². The van der Waals surface area contributed by atoms with Gasteiger partial charge in [0.1, 0.15) is 0 Å². The van der Waals surface area contributed by atoms with Gasteiger partial charge in [0.25, 0.3) is 0 Å². The van der Waals surface area contributed by atoms with E-state index in [1.54, 1.807) is 0 Å². The van der Waals surface area contributed by atoms with Crippen LogP contribution in [-0.4, -0.2) is 45.0 Å². The van der Waals surface area contributed by atoms with Crippen molar-refractivity contribution in [3.05, 3.63) is 0 Å². The zero-order chi connectivity index (χ0) is 9.97. The van der Waals surface area contributed by atoms with Crippen LogP contribution in [-0.2, 0) is 0 Å². The van der Waals surface area contributed by atoms with E-state index in [1.165, 1.54) is 45.4 Å². The van der Waals surface area contributed by atoms with Crippen LogP contribution in [0.3, 0.4) is 0 Å². The van der Waals surface area contributed by atoms with Crippen molar-refractivity contribution in [2.45, 2.75) is 33.2 Å². The summed E-state index contributed by atoms with van der Waals surface area (Å²) < 4.78 is 1.76. The van der Waals surface area contributed by atoms with Crippen molar-refractivity contribution in [3.63, 3.8) is 0 Å². The van der Waals surface area contributed by atoms with Crippen LogP contribution in [0.4, 0.5) is 0 Å². The second-order valence-corrected chi connectivity index (χ2v) is 7.88. The molecule has 0 aromatic heterocycles. The predicted octanol–water partition coefficient (Wildman–Crippen LogP) is 2.05. The smallest absolute Gasteiger partial charge is 0.0250 e. The van der Waals surface area contributed by atoms with Gasteiger partial charge in [0.2, 0.25) is 0 Å². The standard InChI is InChI=1S/C10H18I2N2/c11-8-1-3-14(4-2-8)10-5-9(12)6-13-7-10/h8-10,13H,1-7H2. The second-order valence-electron chi connectivity index (χ2n) is 4.36. The van der Waals surface area contributed by atoms with Crippen LogP contribution in [0.25, 0.3) is 0 Å². The van der Waals surface area contributed by atoms with E-state index in [0.717, 1.165) is 13.9 Å². The molecular formula is C10H18I2N2. The third-order valence-electron chi connectivity index (χ3n) is 3.25. The summed E-state index contributed by atoms with van der Waals surface area (Å²) in [6.07, 6.45) is 4.17. The Balaban J connectivity index is 1.82. The minimum absolute atomic E-state index is 0.814. The first-order valence-corrected chi connectivity index (χ1v) is 7.97. The molecule has 2 saturated heterocycles. The number of halogens is 2. The Hall–Kier alpha value is 1.38. The fraction of sp³-hybridized carbons (Fsp3) is 1.00. The SMILES string of the molecule is IC1CCN(C2CNCC(I)C2)CC1. The highest BCUT2D eigenvalue weighted by atomic mass is 127. The Morgan fingerprint density at radius 1 is 1.00 bits per heavy atom. The van der Waals surface area contributed by atoms with Gasteiger partial charge in [-0.1, -0.05) is 45.2 Å². The van der Waals surface area contributed by atoms with Crippen LogP contribution in [0, 0.1) is 0 Å². The summed E-state index contributed by atoms with van der Waals surface area (Å²) in [6.45, 7) is 5.07. The molecule has 2 rings (SSSR count). The molecule has 2 unspecified atom stereocenters. The van der Waals surface area contributed by atoms with Crippen molar-refractivity contribution >= 4 is 45.2 Å². The molecule has 0 aliphatic carbocycles. The maximum Gasteiger partial charge on any atom is 0.0250 e. The van der Waals surface area contributed by atoms with Crippen LogP contribution in [0.1, 0.15) is 19.3 Å². The summed E-state index contributed by atoms with van der Waals surface area (Å²) in [4.78, 5) is 2.70. The van der Waals surface area contributed by atoms with Crippen LogP contribution in [0.5, 0.6) is 0 Å². The first-order valence-electron chi connectivity index (χ1n) is 5.48. The highest BCUT2D eigenvalue weighted by Gasteiger charge is 2.27. The average Bonchev–Trinajstić information content (AvgIpc) is 2.19. The van der Waals surface area contributed by atoms with Crippen molar-refractivity contribution in [2.75, 3.05) is 26.2 Å². The molecule has 2 nitrogen and oxygen atoms in total. The molecule has 2 aliphatic heterocycles. The molecule has 14 heavy (non-hydrogen) atoms. The topological polar surface area (TPSA) is 15.3 Å². The van der Waals surface area contributed by atoms with E-state index in [4.69, 9.17) is 0 Å². The third kappa shape index (κ3) is 3.18. The molecule has 0 spiro atoms. The number of nitrogens with zero attached hydrogens (tertiary/aromatic N) is 1. The number of likely N-dealkylation sites (tertiary alicyclic amines) is 1. The Morgan fingerprint density at radius 2 is 1.71 bits per heavy atom. The Bertz CT molecular complexity index is 181. The minimum Gasteiger partial charge on any atom is -0.314 e. The van der Waals surface area contributed by atoms with Crippen LogP contribution < -0.4 is 5.32 Å². The molecule has 4 heteroatoms. The quantitative estimate of drug-likeness (QED) is 0.517. The summed E-state index contributed by atoms with van der Waals surface area (Å²) in [5.41, 5.74) is 0. The van der Waals surface area contributed by atoms with E-state index in [1.807, 2.05) is 0 Å². The van der Waals surface area contributed by atoms with Crippen molar-refractivity contribution in [2.24, 2.45) is 0 Å². The van der Waals surface area contributed by atoms with Crippen molar-refractivity contribution in [1.29, 1.82) is 0 Å². The number of rotatable bonds is 1. The van der Waals surface area contributed by atoms with Gasteiger partial charge in [0, 0.05) is 27.0 Å². The highest BCUT2D eigenvalue weighted by molar-refractivity contribution is 14.1. The predicted molar refractivity (Wildman–Crippen MR) is 77.7 cm³/mol. The molecule has 2 fully saturated rings. The molecule has 0 aromatic carbocycles. The Morgan fingerprint density at radius 3 is 2.36 bits per heavy atom. The zero-order valence-electron chi connectivity index (χ0n) is 8.38. The molecule has 0 amide bonds. The van der Waals surface area contributed by atoms with Crippen molar-refractivity contribution in [3.8, 4) is 0 Å².